The summed E-state index contributed by atoms with van der Waals surface area (Å²) in [6, 6.07) is 62.3. The summed E-state index contributed by atoms with van der Waals surface area (Å²) in [5.74, 6) is 1.48. The van der Waals surface area contributed by atoms with Crippen LogP contribution in [0.25, 0.3) is 76.2 Å². The highest BCUT2D eigenvalue weighted by Gasteiger charge is 2.26. The van der Waals surface area contributed by atoms with E-state index in [1.807, 2.05) is 0 Å². The molecule has 0 bridgehead atoms. The van der Waals surface area contributed by atoms with Crippen molar-refractivity contribution in [2.45, 2.75) is 6.17 Å². The lowest BCUT2D eigenvalue weighted by atomic mass is 9.95. The van der Waals surface area contributed by atoms with Crippen molar-refractivity contribution in [2.75, 3.05) is 0 Å². The molecule has 10 aromatic rings. The molecular formula is C49H31N3O. The molecule has 0 fully saturated rings. The van der Waals surface area contributed by atoms with Crippen LogP contribution in [0.2, 0.25) is 0 Å². The Morgan fingerprint density at radius 1 is 0.434 bits per heavy atom. The van der Waals surface area contributed by atoms with Crippen LogP contribution < -0.4 is 5.32 Å². The number of aliphatic imine (C=N–C) groups is 2. The molecule has 1 aliphatic heterocycles. The number of hydrogen-bond acceptors (Lipinski definition) is 4. The Morgan fingerprint density at radius 2 is 1.06 bits per heavy atom. The van der Waals surface area contributed by atoms with Gasteiger partial charge < -0.3 is 9.73 Å². The standard InChI is InChI=1S/C49H31N3O/c1-3-12-32-26-34(22-20-30(32)10-1)35-24-25-44-43(28-35)46-41(18-9-19-45(46)53-44)48-50-47(37-23-21-31-11-2-4-13-33(31)27-37)51-49(52-48)42-29-36-14-5-6-15-38(36)39-16-7-8-17-40(39)42/h1-29,48H,(H,50,51,52). The smallest absolute Gasteiger partial charge is 0.159 e. The van der Waals surface area contributed by atoms with Gasteiger partial charge in [-0.15, -0.1) is 0 Å². The first kappa shape index (κ1) is 29.7. The number of hydrogen-bond donors (Lipinski definition) is 1. The van der Waals surface area contributed by atoms with Crippen molar-refractivity contribution >= 4 is 76.7 Å². The fraction of sp³-hybridized carbons (Fsp3) is 0.0204. The van der Waals surface area contributed by atoms with E-state index >= 15 is 0 Å². The van der Waals surface area contributed by atoms with Gasteiger partial charge in [0, 0.05) is 27.5 Å². The van der Waals surface area contributed by atoms with Crippen LogP contribution >= 0.6 is 0 Å². The summed E-state index contributed by atoms with van der Waals surface area (Å²) in [5, 5.41) is 15.4. The molecular weight excluding hydrogens is 647 g/mol. The molecule has 0 spiro atoms. The minimum atomic E-state index is -0.428. The predicted molar refractivity (Wildman–Crippen MR) is 221 cm³/mol. The van der Waals surface area contributed by atoms with E-state index in [0.29, 0.717) is 5.84 Å². The number of nitrogens with zero attached hydrogens (tertiary/aromatic N) is 2. The fourth-order valence-electron chi connectivity index (χ4n) is 8.08. The number of benzene rings is 9. The topological polar surface area (TPSA) is 49.9 Å². The zero-order chi connectivity index (χ0) is 34.9. The van der Waals surface area contributed by atoms with Gasteiger partial charge in [-0.1, -0.05) is 140 Å². The first-order chi connectivity index (χ1) is 26.2. The highest BCUT2D eigenvalue weighted by atomic mass is 16.3. The SMILES string of the molecule is c1ccc2cc(C3=NC(c4cccc5oc6ccc(-c7ccc8ccccc8c7)cc6c45)NC(c4cc5ccccc5c5ccccc45)=N3)ccc2c1. The molecule has 2 heterocycles. The molecule has 53 heavy (non-hydrogen) atoms. The molecule has 0 amide bonds. The van der Waals surface area contributed by atoms with Crippen molar-refractivity contribution in [3.05, 3.63) is 193 Å². The van der Waals surface area contributed by atoms with Crippen molar-refractivity contribution in [1.82, 2.24) is 5.32 Å². The van der Waals surface area contributed by atoms with E-state index in [-0.39, 0.29) is 0 Å². The van der Waals surface area contributed by atoms with Crippen molar-refractivity contribution < 1.29 is 4.42 Å². The fourth-order valence-corrected chi connectivity index (χ4v) is 8.08. The van der Waals surface area contributed by atoms with Crippen LogP contribution in [0.5, 0.6) is 0 Å². The lowest BCUT2D eigenvalue weighted by molar-refractivity contribution is 0.662. The van der Waals surface area contributed by atoms with Gasteiger partial charge in [0.25, 0.3) is 0 Å². The Hall–Kier alpha value is -7.04. The molecule has 9 aromatic carbocycles. The summed E-state index contributed by atoms with van der Waals surface area (Å²) in [5.41, 5.74) is 7.04. The molecule has 4 nitrogen and oxygen atoms in total. The minimum Gasteiger partial charge on any atom is -0.456 e. The number of nitrogens with one attached hydrogen (secondary N) is 1. The average Bonchev–Trinajstić information content (AvgIpc) is 3.61. The third-order valence-electron chi connectivity index (χ3n) is 10.7. The molecule has 248 valence electrons. The predicted octanol–water partition coefficient (Wildman–Crippen LogP) is 12.4. The molecule has 1 aliphatic rings. The van der Waals surface area contributed by atoms with E-state index in [4.69, 9.17) is 14.4 Å². The normalized spacial score (nSPS) is 14.6. The monoisotopic (exact) mass is 677 g/mol. The Bertz CT molecular complexity index is 3170. The zero-order valence-electron chi connectivity index (χ0n) is 28.6. The molecule has 1 N–H and O–H groups in total. The lowest BCUT2D eigenvalue weighted by Gasteiger charge is -2.25. The van der Waals surface area contributed by atoms with Crippen molar-refractivity contribution in [3.8, 4) is 11.1 Å². The number of amidine groups is 2. The van der Waals surface area contributed by atoms with Gasteiger partial charge in [0.05, 0.1) is 0 Å². The van der Waals surface area contributed by atoms with Gasteiger partial charge >= 0.3 is 0 Å². The summed E-state index contributed by atoms with van der Waals surface area (Å²) in [6.07, 6.45) is -0.428. The highest BCUT2D eigenvalue weighted by Crippen LogP contribution is 2.39. The van der Waals surface area contributed by atoms with Gasteiger partial charge in [-0.2, -0.15) is 0 Å². The lowest BCUT2D eigenvalue weighted by Crippen LogP contribution is -2.33. The van der Waals surface area contributed by atoms with Gasteiger partial charge in [-0.25, -0.2) is 9.98 Å². The first-order valence-electron chi connectivity index (χ1n) is 18.0. The largest absolute Gasteiger partial charge is 0.456 e. The number of furan rings is 1. The minimum absolute atomic E-state index is 0.428. The maximum Gasteiger partial charge on any atom is 0.159 e. The van der Waals surface area contributed by atoms with Crippen LogP contribution in [0.3, 0.4) is 0 Å². The molecule has 0 aliphatic carbocycles. The second-order valence-corrected chi connectivity index (χ2v) is 13.8. The molecule has 0 saturated heterocycles. The second-order valence-electron chi connectivity index (χ2n) is 13.8. The maximum atomic E-state index is 6.52. The van der Waals surface area contributed by atoms with E-state index in [2.05, 4.69) is 181 Å². The van der Waals surface area contributed by atoms with Crippen LogP contribution in [0, 0.1) is 0 Å². The summed E-state index contributed by atoms with van der Waals surface area (Å²) >= 11 is 0. The van der Waals surface area contributed by atoms with E-state index in [1.54, 1.807) is 0 Å². The molecule has 1 atom stereocenters. The third-order valence-corrected chi connectivity index (χ3v) is 10.7. The number of fused-ring (bicyclic) bond motifs is 8. The van der Waals surface area contributed by atoms with E-state index < -0.39 is 6.17 Å². The van der Waals surface area contributed by atoms with Crippen LogP contribution in [0.4, 0.5) is 0 Å². The Balaban J connectivity index is 1.12. The number of rotatable bonds is 4. The van der Waals surface area contributed by atoms with Gasteiger partial charge in [0.15, 0.2) is 5.84 Å². The third kappa shape index (κ3) is 4.91. The first-order valence-corrected chi connectivity index (χ1v) is 18.0. The second kappa shape index (κ2) is 11.8. The van der Waals surface area contributed by atoms with Gasteiger partial charge in [0.1, 0.15) is 23.2 Å². The Morgan fingerprint density at radius 3 is 1.85 bits per heavy atom. The summed E-state index contributed by atoms with van der Waals surface area (Å²) in [6.45, 7) is 0. The van der Waals surface area contributed by atoms with Crippen LogP contribution in [0.1, 0.15) is 22.9 Å². The van der Waals surface area contributed by atoms with E-state index in [9.17, 15) is 0 Å². The van der Waals surface area contributed by atoms with Crippen molar-refractivity contribution in [2.24, 2.45) is 9.98 Å². The molecule has 0 radical (unpaired) electrons. The van der Waals surface area contributed by atoms with E-state index in [0.717, 1.165) is 60.8 Å². The Labute approximate surface area is 305 Å². The summed E-state index contributed by atoms with van der Waals surface area (Å²) in [7, 11) is 0. The van der Waals surface area contributed by atoms with Crippen LogP contribution in [-0.4, -0.2) is 11.7 Å². The molecule has 1 aromatic heterocycles. The quantitative estimate of drug-likeness (QED) is 0.189. The Kier molecular flexibility index (Phi) is 6.58. The van der Waals surface area contributed by atoms with Crippen molar-refractivity contribution in [3.63, 3.8) is 0 Å². The van der Waals surface area contributed by atoms with Gasteiger partial charge in [0.2, 0.25) is 0 Å². The summed E-state index contributed by atoms with van der Waals surface area (Å²) < 4.78 is 6.52. The highest BCUT2D eigenvalue weighted by molar-refractivity contribution is 6.22. The molecule has 1 unspecified atom stereocenters. The van der Waals surface area contributed by atoms with Crippen LogP contribution in [0.15, 0.2) is 190 Å². The van der Waals surface area contributed by atoms with E-state index in [1.165, 1.54) is 37.9 Å². The molecule has 4 heteroatoms. The molecule has 11 rings (SSSR count). The van der Waals surface area contributed by atoms with Crippen molar-refractivity contribution in [1.29, 1.82) is 0 Å². The van der Waals surface area contributed by atoms with Crippen LogP contribution in [-0.2, 0) is 0 Å². The zero-order valence-corrected chi connectivity index (χ0v) is 28.6. The van der Waals surface area contributed by atoms with Gasteiger partial charge in [-0.3, -0.25) is 0 Å². The van der Waals surface area contributed by atoms with Gasteiger partial charge in [-0.05, 0) is 90.6 Å². The summed E-state index contributed by atoms with van der Waals surface area (Å²) in [4.78, 5) is 10.7. The molecule has 0 saturated carbocycles. The maximum absolute atomic E-state index is 6.52. The average molecular weight is 678 g/mol.